The molecule has 1 aromatic carbocycles. The van der Waals surface area contributed by atoms with Gasteiger partial charge in [-0.1, -0.05) is 6.07 Å². The van der Waals surface area contributed by atoms with Crippen LogP contribution in [0, 0.1) is 0 Å². The Kier molecular flexibility index (Phi) is 3.30. The molecule has 2 N–H and O–H groups in total. The van der Waals surface area contributed by atoms with Crippen LogP contribution in [0.3, 0.4) is 0 Å². The molecule has 0 saturated carbocycles. The second kappa shape index (κ2) is 5.49. The molecule has 3 heterocycles. The van der Waals surface area contributed by atoms with Gasteiger partial charge in [-0.15, -0.1) is 0 Å². The number of amides is 2. The highest BCUT2D eigenvalue weighted by atomic mass is 16.3. The summed E-state index contributed by atoms with van der Waals surface area (Å²) in [6.45, 7) is 1.86. The molecule has 6 heteroatoms. The van der Waals surface area contributed by atoms with Gasteiger partial charge in [0, 0.05) is 29.0 Å². The summed E-state index contributed by atoms with van der Waals surface area (Å²) in [5, 5.41) is 6.57. The first kappa shape index (κ1) is 14.4. The number of nitrogens with zero attached hydrogens (tertiary/aromatic N) is 1. The van der Waals surface area contributed by atoms with Crippen LogP contribution in [0.25, 0.3) is 11.0 Å². The monoisotopic (exact) mass is 321 g/mol. The topological polar surface area (TPSA) is 84.2 Å². The summed E-state index contributed by atoms with van der Waals surface area (Å²) in [4.78, 5) is 28.2. The highest BCUT2D eigenvalue weighted by Crippen LogP contribution is 2.27. The molecule has 0 unspecified atom stereocenters. The van der Waals surface area contributed by atoms with Crippen molar-refractivity contribution >= 4 is 28.5 Å². The lowest BCUT2D eigenvalue weighted by Gasteiger charge is -2.13. The van der Waals surface area contributed by atoms with Gasteiger partial charge in [-0.2, -0.15) is 0 Å². The van der Waals surface area contributed by atoms with Crippen LogP contribution in [0.15, 0.2) is 47.1 Å². The molecule has 0 bridgehead atoms. The number of furan rings is 1. The smallest absolute Gasteiger partial charge is 0.252 e. The number of hydrogen-bond donors (Lipinski definition) is 2. The summed E-state index contributed by atoms with van der Waals surface area (Å²) in [5.74, 6) is 0.339. The van der Waals surface area contributed by atoms with E-state index in [0.29, 0.717) is 17.0 Å². The number of pyridine rings is 1. The van der Waals surface area contributed by atoms with Gasteiger partial charge in [-0.05, 0) is 36.8 Å². The summed E-state index contributed by atoms with van der Waals surface area (Å²) < 4.78 is 5.76. The van der Waals surface area contributed by atoms with Gasteiger partial charge in [0.2, 0.25) is 5.91 Å². The first-order valence-corrected chi connectivity index (χ1v) is 7.68. The molecule has 6 nitrogen and oxygen atoms in total. The van der Waals surface area contributed by atoms with Crippen LogP contribution in [0.2, 0.25) is 0 Å². The van der Waals surface area contributed by atoms with E-state index in [4.69, 9.17) is 4.42 Å². The Morgan fingerprint density at radius 1 is 1.38 bits per heavy atom. The van der Waals surface area contributed by atoms with E-state index < -0.39 is 0 Å². The maximum atomic E-state index is 12.6. The van der Waals surface area contributed by atoms with Gasteiger partial charge >= 0.3 is 0 Å². The fourth-order valence-corrected chi connectivity index (χ4v) is 2.93. The predicted molar refractivity (Wildman–Crippen MR) is 88.7 cm³/mol. The van der Waals surface area contributed by atoms with Crippen molar-refractivity contribution in [1.82, 2.24) is 10.3 Å². The molecule has 0 spiro atoms. The third-order valence-corrected chi connectivity index (χ3v) is 4.14. The van der Waals surface area contributed by atoms with E-state index in [0.717, 1.165) is 16.5 Å². The normalized spacial score (nSPS) is 14.3. The van der Waals surface area contributed by atoms with E-state index in [-0.39, 0.29) is 24.3 Å². The summed E-state index contributed by atoms with van der Waals surface area (Å²) in [6.07, 6.45) is 3.61. The zero-order valence-corrected chi connectivity index (χ0v) is 13.0. The molecule has 0 fully saturated rings. The number of nitrogens with one attached hydrogen (secondary N) is 2. The zero-order chi connectivity index (χ0) is 16.7. The van der Waals surface area contributed by atoms with Gasteiger partial charge in [0.25, 0.3) is 5.91 Å². The number of benzene rings is 1. The molecule has 4 rings (SSSR count). The van der Waals surface area contributed by atoms with Gasteiger partial charge in [0.05, 0.1) is 12.5 Å². The molecule has 2 amide bonds. The number of anilines is 1. The highest BCUT2D eigenvalue weighted by Gasteiger charge is 2.24. The number of carbonyl (C=O) groups excluding carboxylic acids is 2. The highest BCUT2D eigenvalue weighted by molar-refractivity contribution is 6.05. The van der Waals surface area contributed by atoms with Crippen LogP contribution in [0.1, 0.15) is 34.6 Å². The number of aromatic nitrogens is 1. The van der Waals surface area contributed by atoms with Crippen molar-refractivity contribution in [2.75, 3.05) is 5.32 Å². The average molecular weight is 321 g/mol. The van der Waals surface area contributed by atoms with E-state index in [9.17, 15) is 9.59 Å². The quantitative estimate of drug-likeness (QED) is 0.777. The van der Waals surface area contributed by atoms with Crippen molar-refractivity contribution in [1.29, 1.82) is 0 Å². The minimum atomic E-state index is -0.300. The summed E-state index contributed by atoms with van der Waals surface area (Å²) in [5.41, 5.74) is 2.68. The first-order chi connectivity index (χ1) is 11.6. The Hall–Kier alpha value is -3.15. The van der Waals surface area contributed by atoms with Crippen molar-refractivity contribution in [3.8, 4) is 0 Å². The second-order valence-corrected chi connectivity index (χ2v) is 5.81. The fraction of sp³-hybridized carbons (Fsp3) is 0.167. The Morgan fingerprint density at radius 2 is 2.25 bits per heavy atom. The van der Waals surface area contributed by atoms with Gasteiger partial charge in [0.15, 0.2) is 0 Å². The molecule has 0 aliphatic carbocycles. The Bertz CT molecular complexity index is 928. The van der Waals surface area contributed by atoms with Crippen LogP contribution in [-0.4, -0.2) is 16.8 Å². The van der Waals surface area contributed by atoms with E-state index in [1.165, 1.54) is 0 Å². The first-order valence-electron chi connectivity index (χ1n) is 7.68. The van der Waals surface area contributed by atoms with Crippen molar-refractivity contribution < 1.29 is 14.0 Å². The number of carbonyl (C=O) groups is 2. The molecule has 0 saturated heterocycles. The zero-order valence-electron chi connectivity index (χ0n) is 13.0. The summed E-state index contributed by atoms with van der Waals surface area (Å²) in [6, 6.07) is 8.64. The Morgan fingerprint density at radius 3 is 3.08 bits per heavy atom. The van der Waals surface area contributed by atoms with Crippen molar-refractivity contribution in [3.05, 3.63) is 59.6 Å². The van der Waals surface area contributed by atoms with Crippen LogP contribution in [-0.2, 0) is 11.2 Å². The van der Waals surface area contributed by atoms with Crippen LogP contribution in [0.5, 0.6) is 0 Å². The van der Waals surface area contributed by atoms with Crippen molar-refractivity contribution in [2.24, 2.45) is 0 Å². The largest absolute Gasteiger partial charge is 0.459 e. The second-order valence-electron chi connectivity index (χ2n) is 5.81. The minimum Gasteiger partial charge on any atom is -0.459 e. The summed E-state index contributed by atoms with van der Waals surface area (Å²) >= 11 is 0. The molecule has 3 aromatic rings. The van der Waals surface area contributed by atoms with Crippen molar-refractivity contribution in [3.63, 3.8) is 0 Å². The molecule has 24 heavy (non-hydrogen) atoms. The molecule has 1 aliphatic heterocycles. The van der Waals surface area contributed by atoms with Crippen LogP contribution >= 0.6 is 0 Å². The van der Waals surface area contributed by atoms with Crippen LogP contribution in [0.4, 0.5) is 5.69 Å². The van der Waals surface area contributed by atoms with E-state index in [2.05, 4.69) is 15.6 Å². The van der Waals surface area contributed by atoms with Gasteiger partial charge in [0.1, 0.15) is 11.3 Å². The van der Waals surface area contributed by atoms with Gasteiger partial charge < -0.3 is 15.1 Å². The molecule has 1 aliphatic rings. The van der Waals surface area contributed by atoms with E-state index in [1.54, 1.807) is 36.7 Å². The SMILES string of the molecule is C[C@H](NC(=O)c1cccc2c1CC(=O)N2)c1cc2cnccc2o1. The van der Waals surface area contributed by atoms with Crippen LogP contribution < -0.4 is 10.6 Å². The number of hydrogen-bond acceptors (Lipinski definition) is 4. The Labute approximate surface area is 137 Å². The molecular formula is C18H15N3O3. The Balaban J connectivity index is 1.58. The third kappa shape index (κ3) is 2.42. The molecular weight excluding hydrogens is 306 g/mol. The maximum Gasteiger partial charge on any atom is 0.252 e. The lowest BCUT2D eigenvalue weighted by Crippen LogP contribution is -2.27. The number of rotatable bonds is 3. The van der Waals surface area contributed by atoms with Gasteiger partial charge in [-0.25, -0.2) is 0 Å². The minimum absolute atomic E-state index is 0.0944. The van der Waals surface area contributed by atoms with E-state index in [1.807, 2.05) is 13.0 Å². The average Bonchev–Trinajstić information content (AvgIpc) is 3.16. The maximum absolute atomic E-state index is 12.6. The summed E-state index contributed by atoms with van der Waals surface area (Å²) in [7, 11) is 0. The number of fused-ring (bicyclic) bond motifs is 2. The molecule has 1 atom stereocenters. The van der Waals surface area contributed by atoms with Crippen molar-refractivity contribution in [2.45, 2.75) is 19.4 Å². The lowest BCUT2D eigenvalue weighted by atomic mass is 10.0. The fourth-order valence-electron chi connectivity index (χ4n) is 2.93. The van der Waals surface area contributed by atoms with E-state index >= 15 is 0 Å². The predicted octanol–water partition coefficient (Wildman–Crippen LogP) is 2.81. The lowest BCUT2D eigenvalue weighted by molar-refractivity contribution is -0.115. The van der Waals surface area contributed by atoms with Gasteiger partial charge in [-0.3, -0.25) is 14.6 Å². The third-order valence-electron chi connectivity index (χ3n) is 4.14. The standard InChI is InChI=1S/C18H15N3O3/c1-10(16-7-11-9-19-6-5-15(11)24-16)20-18(23)12-3-2-4-14-13(12)8-17(22)21-14/h2-7,9-10H,8H2,1H3,(H,20,23)(H,21,22)/t10-/m0/s1. The molecule has 120 valence electrons. The molecule has 0 radical (unpaired) electrons. The molecule has 2 aromatic heterocycles.